The van der Waals surface area contributed by atoms with Crippen molar-refractivity contribution < 1.29 is 53.7 Å². The molecule has 0 fully saturated rings. The molecule has 0 unspecified atom stereocenters. The van der Waals surface area contributed by atoms with E-state index in [0.29, 0.717) is 0 Å². The Hall–Kier alpha value is 2.53. The standard InChI is InChI=1S/Co.In.Ni.Re.3H. The topological polar surface area (TPSA) is 0 Å². The summed E-state index contributed by atoms with van der Waals surface area (Å²) in [6.45, 7) is 0. The van der Waals surface area contributed by atoms with Crippen molar-refractivity contribution in [3.63, 3.8) is 0 Å². The minimum absolute atomic E-state index is 0. The molecule has 2 radical (unpaired) electrons. The van der Waals surface area contributed by atoms with Crippen molar-refractivity contribution in [2.24, 2.45) is 0 Å². The van der Waals surface area contributed by atoms with Gasteiger partial charge in [-0.3, -0.25) is 0 Å². The second-order valence-electron chi connectivity index (χ2n) is 0. The van der Waals surface area contributed by atoms with Gasteiger partial charge in [0.05, 0.1) is 0 Å². The molecule has 0 aliphatic rings. The van der Waals surface area contributed by atoms with Crippen LogP contribution < -0.4 is 0 Å². The summed E-state index contributed by atoms with van der Waals surface area (Å²) in [7, 11) is 0. The van der Waals surface area contributed by atoms with Crippen molar-refractivity contribution in [2.45, 2.75) is 0 Å². The summed E-state index contributed by atoms with van der Waals surface area (Å²) in [6.07, 6.45) is 0. The zero-order chi connectivity index (χ0) is 0. The van der Waals surface area contributed by atoms with Gasteiger partial charge in [-0.25, -0.2) is 0 Å². The van der Waals surface area contributed by atoms with Crippen LogP contribution in [0.15, 0.2) is 0 Å². The monoisotopic (exact) mass is 422 g/mol. The third kappa shape index (κ3) is 8.82. The van der Waals surface area contributed by atoms with Crippen molar-refractivity contribution in [1.82, 2.24) is 0 Å². The molecule has 0 aliphatic carbocycles. The van der Waals surface area contributed by atoms with Gasteiger partial charge in [-0.2, -0.15) is 0 Å². The molecule has 0 atom stereocenters. The molecular weight excluding hydrogens is 419 g/mol. The minimum atomic E-state index is 0. The quantitative estimate of drug-likeness (QED) is 0.432. The third-order valence-corrected chi connectivity index (χ3v) is 0. The van der Waals surface area contributed by atoms with Gasteiger partial charge in [0.1, 0.15) is 0 Å². The van der Waals surface area contributed by atoms with Gasteiger partial charge < -0.3 is 0 Å². The van der Waals surface area contributed by atoms with Crippen LogP contribution in [-0.4, -0.2) is 25.8 Å². The van der Waals surface area contributed by atoms with E-state index in [9.17, 15) is 0 Å². The van der Waals surface area contributed by atoms with Crippen LogP contribution in [0, 0.1) is 0 Å². The fraction of sp³-hybridized carbons (Fsp3) is 0. The van der Waals surface area contributed by atoms with Gasteiger partial charge >= 0.3 is 25.8 Å². The number of hydrogen-bond donors (Lipinski definition) is 0. The Bertz CT molecular complexity index is 8.00. The maximum Gasteiger partial charge on any atom is 0 e. The Morgan fingerprint density at radius 1 is 1.00 bits per heavy atom. The van der Waals surface area contributed by atoms with E-state index in [2.05, 4.69) is 0 Å². The smallest absolute Gasteiger partial charge is 0 e. The molecule has 0 aliphatic heterocycles. The van der Waals surface area contributed by atoms with Gasteiger partial charge in [-0.05, 0) is 0 Å². The molecular formula is H3CoInNiRe. The van der Waals surface area contributed by atoms with Gasteiger partial charge in [0.15, 0.2) is 0 Å². The Morgan fingerprint density at radius 3 is 1.00 bits per heavy atom. The summed E-state index contributed by atoms with van der Waals surface area (Å²) < 4.78 is 0. The van der Waals surface area contributed by atoms with Crippen molar-refractivity contribution >= 4 is 25.8 Å². The zero-order valence-electron chi connectivity index (χ0n) is 1.03. The summed E-state index contributed by atoms with van der Waals surface area (Å²) >= 11 is 0. The van der Waals surface area contributed by atoms with Crippen LogP contribution in [-0.2, 0) is 53.7 Å². The van der Waals surface area contributed by atoms with Crippen molar-refractivity contribution in [3.8, 4) is 0 Å². The zero-order valence-corrected chi connectivity index (χ0v) is 5.77. The fourth-order valence-electron chi connectivity index (χ4n) is 0. The molecule has 0 aromatic carbocycles. The van der Waals surface area contributed by atoms with Crippen LogP contribution in [0.4, 0.5) is 0 Å². The van der Waals surface area contributed by atoms with Gasteiger partial charge in [0.2, 0.25) is 0 Å². The molecule has 0 aromatic heterocycles. The molecule has 0 spiro atoms. The van der Waals surface area contributed by atoms with E-state index in [0.717, 1.165) is 0 Å². The van der Waals surface area contributed by atoms with Gasteiger partial charge in [-0.15, -0.1) is 0 Å². The number of rotatable bonds is 0. The third-order valence-electron chi connectivity index (χ3n) is 0. The van der Waals surface area contributed by atoms with E-state index in [-0.39, 0.29) is 79.5 Å². The van der Waals surface area contributed by atoms with Crippen LogP contribution in [0.3, 0.4) is 0 Å². The normalized spacial score (nSPS) is 0. The molecule has 0 bridgehead atoms. The second-order valence-corrected chi connectivity index (χ2v) is 0. The number of hydrogen-bond acceptors (Lipinski definition) is 0. The summed E-state index contributed by atoms with van der Waals surface area (Å²) in [5.74, 6) is 0. The Kier molecular flexibility index (Phi) is 138. The van der Waals surface area contributed by atoms with Crippen LogP contribution in [0.25, 0.3) is 0 Å². The van der Waals surface area contributed by atoms with E-state index in [1.54, 1.807) is 0 Å². The van der Waals surface area contributed by atoms with Crippen LogP contribution in [0.5, 0.6) is 0 Å². The molecule has 4 heavy (non-hydrogen) atoms. The van der Waals surface area contributed by atoms with E-state index < -0.39 is 0 Å². The predicted molar refractivity (Wildman–Crippen MR) is 9.94 cm³/mol. The average molecular weight is 422 g/mol. The Labute approximate surface area is 78.4 Å². The first-order chi connectivity index (χ1) is 0. The first-order valence-electron chi connectivity index (χ1n) is 0. The van der Waals surface area contributed by atoms with E-state index in [1.807, 2.05) is 0 Å². The molecule has 0 amide bonds. The van der Waals surface area contributed by atoms with Crippen molar-refractivity contribution in [2.75, 3.05) is 0 Å². The molecule has 32 valence electrons. The predicted octanol–water partition coefficient (Wildman–Crippen LogP) is -1.19. The first-order valence-corrected chi connectivity index (χ1v) is 0. The van der Waals surface area contributed by atoms with E-state index in [1.165, 1.54) is 0 Å². The molecule has 0 N–H and O–H groups in total. The molecule has 4 heteroatoms. The second kappa shape index (κ2) is 17.7. The molecule has 0 saturated heterocycles. The van der Waals surface area contributed by atoms with Gasteiger partial charge in [0.25, 0.3) is 0 Å². The van der Waals surface area contributed by atoms with E-state index >= 15 is 0 Å². The molecule has 0 nitrogen and oxygen atoms in total. The fourth-order valence-corrected chi connectivity index (χ4v) is 0. The summed E-state index contributed by atoms with van der Waals surface area (Å²) in [5, 5.41) is 0. The van der Waals surface area contributed by atoms with Crippen molar-refractivity contribution in [1.29, 1.82) is 0 Å². The largest absolute Gasteiger partial charge is 0 e. The Morgan fingerprint density at radius 2 is 1.00 bits per heavy atom. The maximum atomic E-state index is 0. The van der Waals surface area contributed by atoms with E-state index in [4.69, 9.17) is 0 Å². The summed E-state index contributed by atoms with van der Waals surface area (Å²) in [6, 6.07) is 0. The SMILES string of the molecule is [Co].[InH3].[Ni].[Re]. The van der Waals surface area contributed by atoms with Gasteiger partial charge in [0, 0.05) is 53.7 Å². The molecule has 0 saturated carbocycles. The maximum absolute atomic E-state index is 0. The van der Waals surface area contributed by atoms with Crippen LogP contribution in [0.1, 0.15) is 0 Å². The molecule has 0 aromatic rings. The molecule has 0 heterocycles. The average Bonchev–Trinajstić information content (AvgIpc) is 0. The minimum Gasteiger partial charge on any atom is 0 e. The first kappa shape index (κ1) is 31.2. The summed E-state index contributed by atoms with van der Waals surface area (Å²) in [4.78, 5) is 0. The molecule has 0 rings (SSSR count). The van der Waals surface area contributed by atoms with Crippen LogP contribution in [0.2, 0.25) is 0 Å². The summed E-state index contributed by atoms with van der Waals surface area (Å²) in [5.41, 5.74) is 0. The Balaban J connectivity index is 0. The van der Waals surface area contributed by atoms with Crippen molar-refractivity contribution in [3.05, 3.63) is 0 Å². The van der Waals surface area contributed by atoms with Crippen LogP contribution >= 0.6 is 0 Å². The van der Waals surface area contributed by atoms with Gasteiger partial charge in [-0.1, -0.05) is 0 Å².